The van der Waals surface area contributed by atoms with E-state index in [0.717, 1.165) is 36.1 Å². The smallest absolute Gasteiger partial charge is 0.164 e. The van der Waals surface area contributed by atoms with Crippen molar-refractivity contribution < 1.29 is 0 Å². The zero-order valence-electron chi connectivity index (χ0n) is 11.9. The van der Waals surface area contributed by atoms with Crippen LogP contribution in [0, 0.1) is 0 Å². The van der Waals surface area contributed by atoms with Gasteiger partial charge in [-0.25, -0.2) is 4.98 Å². The summed E-state index contributed by atoms with van der Waals surface area (Å²) in [6.45, 7) is 2.42. The van der Waals surface area contributed by atoms with Crippen molar-refractivity contribution in [2.75, 3.05) is 11.4 Å². The molecular weight excluding hydrogens is 298 g/mol. The van der Waals surface area contributed by atoms with E-state index in [1.54, 1.807) is 6.20 Å². The number of aromatic nitrogens is 4. The minimum atomic E-state index is 0.648. The quantitative estimate of drug-likeness (QED) is 0.730. The molecule has 6 heteroatoms. The summed E-state index contributed by atoms with van der Waals surface area (Å²) in [6.07, 6.45) is 1.67. The van der Waals surface area contributed by atoms with Crippen LogP contribution in [0.1, 0.15) is 5.82 Å². The number of nitrogens with zero attached hydrogens (tertiary/aromatic N) is 5. The molecule has 1 aromatic carbocycles. The molecule has 0 saturated carbocycles. The van der Waals surface area contributed by atoms with Crippen molar-refractivity contribution >= 4 is 17.4 Å². The maximum atomic E-state index is 5.90. The molecule has 0 amide bonds. The predicted molar refractivity (Wildman–Crippen MR) is 85.8 cm³/mol. The number of hydrogen-bond donors (Lipinski definition) is 0. The number of halogens is 1. The Balaban J connectivity index is 1.63. The fourth-order valence-corrected chi connectivity index (χ4v) is 2.82. The van der Waals surface area contributed by atoms with E-state index in [9.17, 15) is 0 Å². The summed E-state index contributed by atoms with van der Waals surface area (Å²) in [5.41, 5.74) is 1.10. The standard InChI is InChI=1S/C16H14ClN5/c17-13-6-7-14(18-10-13)21-8-9-22-15(11-21)19-20-16(22)12-4-2-1-3-5-12/h1-7,10H,8-9,11H2. The van der Waals surface area contributed by atoms with E-state index in [1.807, 2.05) is 30.3 Å². The Morgan fingerprint density at radius 3 is 2.59 bits per heavy atom. The molecule has 110 valence electrons. The van der Waals surface area contributed by atoms with Crippen LogP contribution in [0.25, 0.3) is 11.4 Å². The number of benzene rings is 1. The van der Waals surface area contributed by atoms with Crippen LogP contribution >= 0.6 is 11.6 Å². The maximum absolute atomic E-state index is 5.90. The molecule has 3 aromatic rings. The van der Waals surface area contributed by atoms with Gasteiger partial charge >= 0.3 is 0 Å². The van der Waals surface area contributed by atoms with Crippen LogP contribution in [0.3, 0.4) is 0 Å². The van der Waals surface area contributed by atoms with Crippen molar-refractivity contribution in [3.05, 3.63) is 59.5 Å². The average Bonchev–Trinajstić information content (AvgIpc) is 2.99. The van der Waals surface area contributed by atoms with Crippen molar-refractivity contribution in [3.63, 3.8) is 0 Å². The number of anilines is 1. The van der Waals surface area contributed by atoms with E-state index in [0.29, 0.717) is 11.6 Å². The highest BCUT2D eigenvalue weighted by atomic mass is 35.5. The zero-order valence-corrected chi connectivity index (χ0v) is 12.6. The van der Waals surface area contributed by atoms with Gasteiger partial charge in [0.05, 0.1) is 11.6 Å². The molecule has 0 aliphatic carbocycles. The lowest BCUT2D eigenvalue weighted by Gasteiger charge is -2.28. The third kappa shape index (κ3) is 2.33. The van der Waals surface area contributed by atoms with Crippen LogP contribution < -0.4 is 4.90 Å². The highest BCUT2D eigenvalue weighted by molar-refractivity contribution is 6.30. The van der Waals surface area contributed by atoms with Crippen LogP contribution in [0.15, 0.2) is 48.7 Å². The molecule has 0 spiro atoms. The topological polar surface area (TPSA) is 46.8 Å². The molecule has 0 N–H and O–H groups in total. The van der Waals surface area contributed by atoms with Crippen molar-refractivity contribution in [2.45, 2.75) is 13.1 Å². The Kier molecular flexibility index (Phi) is 3.27. The number of pyridine rings is 1. The minimum Gasteiger partial charge on any atom is -0.347 e. The van der Waals surface area contributed by atoms with Crippen LogP contribution in [0.5, 0.6) is 0 Å². The van der Waals surface area contributed by atoms with Crippen molar-refractivity contribution in [1.82, 2.24) is 19.7 Å². The second kappa shape index (κ2) is 5.42. The molecule has 2 aromatic heterocycles. The molecule has 22 heavy (non-hydrogen) atoms. The predicted octanol–water partition coefficient (Wildman–Crippen LogP) is 3.01. The Morgan fingerprint density at radius 2 is 1.82 bits per heavy atom. The third-order valence-electron chi connectivity index (χ3n) is 3.82. The van der Waals surface area contributed by atoms with Crippen LogP contribution in [-0.4, -0.2) is 26.3 Å². The van der Waals surface area contributed by atoms with Gasteiger partial charge in [0.25, 0.3) is 0 Å². The first-order chi connectivity index (χ1) is 10.8. The van der Waals surface area contributed by atoms with Gasteiger partial charge in [-0.1, -0.05) is 41.9 Å². The molecule has 4 rings (SSSR count). The summed E-state index contributed by atoms with van der Waals surface area (Å²) in [7, 11) is 0. The van der Waals surface area contributed by atoms with E-state index in [-0.39, 0.29) is 0 Å². The summed E-state index contributed by atoms with van der Waals surface area (Å²) in [4.78, 5) is 6.57. The Labute approximate surface area is 133 Å². The van der Waals surface area contributed by atoms with Crippen molar-refractivity contribution in [1.29, 1.82) is 0 Å². The number of fused-ring (bicyclic) bond motifs is 1. The molecule has 3 heterocycles. The summed E-state index contributed by atoms with van der Waals surface area (Å²) in [5, 5.41) is 9.35. The molecule has 0 bridgehead atoms. The fourth-order valence-electron chi connectivity index (χ4n) is 2.71. The van der Waals surface area contributed by atoms with Gasteiger partial charge in [-0.05, 0) is 12.1 Å². The molecule has 0 radical (unpaired) electrons. The summed E-state index contributed by atoms with van der Waals surface area (Å²) in [6, 6.07) is 14.0. The van der Waals surface area contributed by atoms with Gasteiger partial charge < -0.3 is 9.47 Å². The van der Waals surface area contributed by atoms with Gasteiger partial charge in [0.15, 0.2) is 11.6 Å². The van der Waals surface area contributed by atoms with E-state index < -0.39 is 0 Å². The largest absolute Gasteiger partial charge is 0.347 e. The molecule has 0 unspecified atom stereocenters. The average molecular weight is 312 g/mol. The van der Waals surface area contributed by atoms with Crippen LogP contribution in [-0.2, 0) is 13.1 Å². The van der Waals surface area contributed by atoms with Gasteiger partial charge in [-0.2, -0.15) is 0 Å². The molecular formula is C16H14ClN5. The van der Waals surface area contributed by atoms with Gasteiger partial charge in [0.1, 0.15) is 5.82 Å². The second-order valence-corrected chi connectivity index (χ2v) is 5.65. The molecule has 1 aliphatic heterocycles. The molecule has 0 atom stereocenters. The van der Waals surface area contributed by atoms with Gasteiger partial charge in [0, 0.05) is 24.8 Å². The highest BCUT2D eigenvalue weighted by Gasteiger charge is 2.22. The van der Waals surface area contributed by atoms with E-state index >= 15 is 0 Å². The zero-order chi connectivity index (χ0) is 14.9. The number of rotatable bonds is 2. The molecule has 1 aliphatic rings. The van der Waals surface area contributed by atoms with E-state index in [2.05, 4.69) is 36.8 Å². The molecule has 5 nitrogen and oxygen atoms in total. The van der Waals surface area contributed by atoms with Crippen LogP contribution in [0.2, 0.25) is 5.02 Å². The lowest BCUT2D eigenvalue weighted by atomic mass is 10.2. The maximum Gasteiger partial charge on any atom is 0.164 e. The highest BCUT2D eigenvalue weighted by Crippen LogP contribution is 2.24. The lowest BCUT2D eigenvalue weighted by molar-refractivity contribution is 0.560. The first-order valence-electron chi connectivity index (χ1n) is 7.15. The third-order valence-corrected chi connectivity index (χ3v) is 4.04. The Hall–Kier alpha value is -2.40. The monoisotopic (exact) mass is 311 g/mol. The summed E-state index contributed by atoms with van der Waals surface area (Å²) in [5.74, 6) is 2.81. The van der Waals surface area contributed by atoms with Gasteiger partial charge in [-0.15, -0.1) is 10.2 Å². The summed E-state index contributed by atoms with van der Waals surface area (Å²) < 4.78 is 2.18. The van der Waals surface area contributed by atoms with Crippen molar-refractivity contribution in [2.24, 2.45) is 0 Å². The summed E-state index contributed by atoms with van der Waals surface area (Å²) >= 11 is 5.90. The Morgan fingerprint density at radius 1 is 0.955 bits per heavy atom. The molecule has 0 saturated heterocycles. The van der Waals surface area contributed by atoms with Gasteiger partial charge in [0.2, 0.25) is 0 Å². The Bertz CT molecular complexity index is 782. The molecule has 0 fully saturated rings. The second-order valence-electron chi connectivity index (χ2n) is 5.21. The van der Waals surface area contributed by atoms with E-state index in [1.165, 1.54) is 0 Å². The minimum absolute atomic E-state index is 0.648. The number of hydrogen-bond acceptors (Lipinski definition) is 4. The SMILES string of the molecule is Clc1ccc(N2CCn3c(nnc3-c3ccccc3)C2)nc1. The van der Waals surface area contributed by atoms with E-state index in [4.69, 9.17) is 11.6 Å². The van der Waals surface area contributed by atoms with Crippen molar-refractivity contribution in [3.8, 4) is 11.4 Å². The first-order valence-corrected chi connectivity index (χ1v) is 7.53. The normalized spacial score (nSPS) is 14.0. The lowest BCUT2D eigenvalue weighted by Crippen LogP contribution is -2.34. The first kappa shape index (κ1) is 13.3. The van der Waals surface area contributed by atoms with Gasteiger partial charge in [-0.3, -0.25) is 0 Å². The fraction of sp³-hybridized carbons (Fsp3) is 0.188. The van der Waals surface area contributed by atoms with Crippen LogP contribution in [0.4, 0.5) is 5.82 Å².